The highest BCUT2D eigenvalue weighted by Gasteiger charge is 2.33. The van der Waals surface area contributed by atoms with Crippen LogP contribution in [-0.4, -0.2) is 67.4 Å². The molecule has 2 saturated heterocycles. The number of aliphatic imine (C=N–C) groups is 1. The van der Waals surface area contributed by atoms with E-state index in [1.807, 2.05) is 54.6 Å². The van der Waals surface area contributed by atoms with Crippen LogP contribution in [0, 0.1) is 0 Å². The molecule has 2 aliphatic rings. The maximum Gasteiger partial charge on any atom is 0.266 e. The van der Waals surface area contributed by atoms with Crippen molar-refractivity contribution in [2.24, 2.45) is 4.99 Å². The summed E-state index contributed by atoms with van der Waals surface area (Å²) in [6, 6.07) is 15.5. The molecule has 9 heteroatoms. The van der Waals surface area contributed by atoms with Crippen molar-refractivity contribution >= 4 is 62.9 Å². The molecule has 6 nitrogen and oxygen atoms in total. The van der Waals surface area contributed by atoms with Gasteiger partial charge >= 0.3 is 0 Å². The monoisotopic (exact) mass is 551 g/mol. The number of hydrogen-bond acceptors (Lipinski definition) is 6. The number of thioether (sulfide) groups is 1. The number of rotatable bonds is 7. The van der Waals surface area contributed by atoms with E-state index in [4.69, 9.17) is 14.5 Å². The lowest BCUT2D eigenvalue weighted by molar-refractivity contribution is -0.122. The number of halogens is 2. The van der Waals surface area contributed by atoms with Crippen molar-refractivity contribution in [1.82, 2.24) is 9.80 Å². The summed E-state index contributed by atoms with van der Waals surface area (Å²) in [5.41, 5.74) is 1.78. The van der Waals surface area contributed by atoms with E-state index in [-0.39, 0.29) is 18.3 Å². The Morgan fingerprint density at radius 2 is 1.79 bits per heavy atom. The number of methoxy groups -OCH3 is 1. The Morgan fingerprint density at radius 1 is 1.09 bits per heavy atom. The lowest BCUT2D eigenvalue weighted by Gasteiger charge is -2.27. The summed E-state index contributed by atoms with van der Waals surface area (Å²) in [5.74, 6) is 0.787. The van der Waals surface area contributed by atoms with Crippen LogP contribution in [0.25, 0.3) is 6.08 Å². The Hall–Kier alpha value is -1.84. The predicted molar refractivity (Wildman–Crippen MR) is 141 cm³/mol. The van der Waals surface area contributed by atoms with Gasteiger partial charge in [0.2, 0.25) is 0 Å². The maximum atomic E-state index is 13.3. The van der Waals surface area contributed by atoms with Gasteiger partial charge in [0.25, 0.3) is 5.91 Å². The minimum atomic E-state index is 0. The molecule has 0 aromatic heterocycles. The summed E-state index contributed by atoms with van der Waals surface area (Å²) in [5, 5.41) is 0.713. The first-order valence-corrected chi connectivity index (χ1v) is 12.2. The zero-order chi connectivity index (χ0) is 22.3. The minimum Gasteiger partial charge on any atom is -0.497 e. The number of carbonyl (C=O) groups is 1. The molecular formula is C24H27BrClN3O3S. The zero-order valence-electron chi connectivity index (χ0n) is 18.4. The van der Waals surface area contributed by atoms with Crippen molar-refractivity contribution in [1.29, 1.82) is 0 Å². The van der Waals surface area contributed by atoms with Gasteiger partial charge in [-0.25, -0.2) is 4.99 Å². The predicted octanol–water partition coefficient (Wildman–Crippen LogP) is 5.21. The number of benzene rings is 2. The largest absolute Gasteiger partial charge is 0.497 e. The number of morpholine rings is 1. The second kappa shape index (κ2) is 12.6. The van der Waals surface area contributed by atoms with Crippen LogP contribution in [0.5, 0.6) is 5.75 Å². The van der Waals surface area contributed by atoms with E-state index in [1.165, 1.54) is 11.8 Å². The fourth-order valence-corrected chi connectivity index (χ4v) is 4.83. The first-order chi connectivity index (χ1) is 15.6. The van der Waals surface area contributed by atoms with Gasteiger partial charge < -0.3 is 9.47 Å². The highest BCUT2D eigenvalue weighted by atomic mass is 79.9. The third-order valence-corrected chi connectivity index (χ3v) is 6.85. The number of carbonyl (C=O) groups excluding carboxylic acids is 1. The smallest absolute Gasteiger partial charge is 0.266 e. The van der Waals surface area contributed by atoms with Crippen molar-refractivity contribution in [2.75, 3.05) is 46.5 Å². The van der Waals surface area contributed by atoms with E-state index in [9.17, 15) is 4.79 Å². The standard InChI is InChI=1S/C24H26BrN3O3S.ClH/c1-30-21-9-7-20(8-10-21)26-24-28(12-2-11-27-13-15-31-16-14-27)23(29)22(32-24)17-18-3-5-19(25)6-4-18;/h3-10,17H,2,11-16H2,1H3;1H/b22-17+,26-24?;. The van der Waals surface area contributed by atoms with Gasteiger partial charge in [-0.3, -0.25) is 14.6 Å². The molecule has 33 heavy (non-hydrogen) atoms. The zero-order valence-corrected chi connectivity index (χ0v) is 21.6. The summed E-state index contributed by atoms with van der Waals surface area (Å²) in [6.45, 7) is 5.04. The Bertz CT molecular complexity index is 993. The SMILES string of the molecule is COc1ccc(N=C2S/C(=C/c3ccc(Br)cc3)C(=O)N2CCCN2CCOCC2)cc1.Cl. The Labute approximate surface area is 213 Å². The topological polar surface area (TPSA) is 54.4 Å². The second-order valence-electron chi connectivity index (χ2n) is 7.52. The molecule has 0 atom stereocenters. The number of amidine groups is 1. The van der Waals surface area contributed by atoms with E-state index in [0.717, 1.165) is 60.7 Å². The molecule has 0 N–H and O–H groups in total. The molecule has 0 unspecified atom stereocenters. The fourth-order valence-electron chi connectivity index (χ4n) is 3.54. The van der Waals surface area contributed by atoms with Gasteiger partial charge in [-0.05, 0) is 66.2 Å². The van der Waals surface area contributed by atoms with Crippen LogP contribution in [0.2, 0.25) is 0 Å². The van der Waals surface area contributed by atoms with Crippen molar-refractivity contribution < 1.29 is 14.3 Å². The molecule has 0 saturated carbocycles. The quantitative estimate of drug-likeness (QED) is 0.442. The molecule has 2 aliphatic heterocycles. The van der Waals surface area contributed by atoms with Crippen LogP contribution < -0.4 is 4.74 Å². The van der Waals surface area contributed by atoms with Gasteiger partial charge in [0, 0.05) is 30.7 Å². The van der Waals surface area contributed by atoms with E-state index in [2.05, 4.69) is 20.8 Å². The van der Waals surface area contributed by atoms with Crippen molar-refractivity contribution in [2.45, 2.75) is 6.42 Å². The van der Waals surface area contributed by atoms with Crippen LogP contribution in [0.15, 0.2) is 62.9 Å². The normalized spacial score (nSPS) is 19.2. The number of hydrogen-bond donors (Lipinski definition) is 0. The number of nitrogens with zero attached hydrogens (tertiary/aromatic N) is 3. The van der Waals surface area contributed by atoms with Crippen LogP contribution in [-0.2, 0) is 9.53 Å². The van der Waals surface area contributed by atoms with E-state index >= 15 is 0 Å². The molecule has 2 aromatic carbocycles. The molecule has 4 rings (SSSR count). The Morgan fingerprint density at radius 3 is 2.45 bits per heavy atom. The fraction of sp³-hybridized carbons (Fsp3) is 0.333. The summed E-state index contributed by atoms with van der Waals surface area (Å²) < 4.78 is 11.7. The van der Waals surface area contributed by atoms with Gasteiger partial charge in [0.05, 0.1) is 30.9 Å². The maximum absolute atomic E-state index is 13.3. The average Bonchev–Trinajstić information content (AvgIpc) is 3.10. The lowest BCUT2D eigenvalue weighted by atomic mass is 10.2. The highest BCUT2D eigenvalue weighted by molar-refractivity contribution is 9.10. The molecule has 176 valence electrons. The van der Waals surface area contributed by atoms with Gasteiger partial charge in [0.1, 0.15) is 5.75 Å². The molecule has 0 aliphatic carbocycles. The molecular weight excluding hydrogens is 526 g/mol. The Balaban J connectivity index is 0.00000306. The summed E-state index contributed by atoms with van der Waals surface area (Å²) in [4.78, 5) is 22.9. The molecule has 0 spiro atoms. The summed E-state index contributed by atoms with van der Waals surface area (Å²) in [6.07, 6.45) is 2.82. The molecule has 1 amide bonds. The third kappa shape index (κ3) is 7.07. The van der Waals surface area contributed by atoms with Crippen LogP contribution in [0.4, 0.5) is 5.69 Å². The van der Waals surface area contributed by atoms with Crippen LogP contribution >= 0.6 is 40.1 Å². The van der Waals surface area contributed by atoms with Crippen molar-refractivity contribution in [3.05, 3.63) is 63.5 Å². The van der Waals surface area contributed by atoms with Crippen molar-refractivity contribution in [3.8, 4) is 5.75 Å². The van der Waals surface area contributed by atoms with Gasteiger partial charge in [0.15, 0.2) is 5.17 Å². The van der Waals surface area contributed by atoms with Crippen molar-refractivity contribution in [3.63, 3.8) is 0 Å². The minimum absolute atomic E-state index is 0. The lowest BCUT2D eigenvalue weighted by Crippen LogP contribution is -2.38. The molecule has 0 radical (unpaired) electrons. The number of amides is 1. The third-order valence-electron chi connectivity index (χ3n) is 5.31. The van der Waals surface area contributed by atoms with Gasteiger partial charge in [-0.1, -0.05) is 28.1 Å². The molecule has 2 aromatic rings. The first-order valence-electron chi connectivity index (χ1n) is 10.6. The van der Waals surface area contributed by atoms with Gasteiger partial charge in [-0.2, -0.15) is 0 Å². The van der Waals surface area contributed by atoms with Gasteiger partial charge in [-0.15, -0.1) is 12.4 Å². The second-order valence-corrected chi connectivity index (χ2v) is 9.44. The van der Waals surface area contributed by atoms with E-state index in [0.29, 0.717) is 16.6 Å². The average molecular weight is 553 g/mol. The van der Waals surface area contributed by atoms with E-state index < -0.39 is 0 Å². The van der Waals surface area contributed by atoms with Crippen LogP contribution in [0.3, 0.4) is 0 Å². The molecule has 0 bridgehead atoms. The number of ether oxygens (including phenoxy) is 2. The summed E-state index contributed by atoms with van der Waals surface area (Å²) in [7, 11) is 1.64. The molecule has 2 heterocycles. The molecule has 2 fully saturated rings. The first kappa shape index (κ1) is 25.8. The van der Waals surface area contributed by atoms with E-state index in [1.54, 1.807) is 12.0 Å². The summed E-state index contributed by atoms with van der Waals surface area (Å²) >= 11 is 4.88. The highest BCUT2D eigenvalue weighted by Crippen LogP contribution is 2.34. The Kier molecular flexibility index (Phi) is 9.82. The van der Waals surface area contributed by atoms with Crippen LogP contribution in [0.1, 0.15) is 12.0 Å².